The third-order valence-corrected chi connectivity index (χ3v) is 8.16. The Labute approximate surface area is 260 Å². The molecule has 2 aromatic carbocycles. The number of fused-ring (bicyclic) bond motifs is 1. The van der Waals surface area contributed by atoms with Gasteiger partial charge in [0.15, 0.2) is 5.82 Å². The van der Waals surface area contributed by atoms with Gasteiger partial charge >= 0.3 is 0 Å². The summed E-state index contributed by atoms with van der Waals surface area (Å²) in [5, 5.41) is 9.19. The summed E-state index contributed by atoms with van der Waals surface area (Å²) in [4.78, 5) is 37.5. The zero-order chi connectivity index (χ0) is 31.4. The molecule has 0 atom stereocenters. The number of hydrogen-bond donors (Lipinski definition) is 3. The highest BCUT2D eigenvalue weighted by Crippen LogP contribution is 2.37. The molecule has 0 saturated carbocycles. The molecular formula is C32H35ClFN7O3. The number of nitrogens with zero attached hydrogens (tertiary/aromatic N) is 4. The van der Waals surface area contributed by atoms with Gasteiger partial charge in [-0.25, -0.2) is 9.37 Å². The molecule has 44 heavy (non-hydrogen) atoms. The summed E-state index contributed by atoms with van der Waals surface area (Å²) in [6.45, 7) is 3.60. The first kappa shape index (κ1) is 31.1. The summed E-state index contributed by atoms with van der Waals surface area (Å²) in [6.07, 6.45) is 2.37. The second kappa shape index (κ2) is 13.5. The van der Waals surface area contributed by atoms with Crippen molar-refractivity contribution in [1.29, 1.82) is 0 Å². The van der Waals surface area contributed by atoms with Crippen LogP contribution in [0.3, 0.4) is 0 Å². The van der Waals surface area contributed by atoms with Crippen LogP contribution in [0.2, 0.25) is 5.02 Å². The van der Waals surface area contributed by atoms with Crippen molar-refractivity contribution in [3.05, 3.63) is 87.7 Å². The van der Waals surface area contributed by atoms with Gasteiger partial charge in [0.05, 0.1) is 23.5 Å². The van der Waals surface area contributed by atoms with E-state index in [0.717, 1.165) is 35.5 Å². The number of aromatic nitrogens is 3. The van der Waals surface area contributed by atoms with Crippen LogP contribution in [0.25, 0.3) is 11.1 Å². The summed E-state index contributed by atoms with van der Waals surface area (Å²) >= 11 is 6.87. The largest absolute Gasteiger partial charge is 0.496 e. The Kier molecular flexibility index (Phi) is 9.58. The first-order valence-corrected chi connectivity index (χ1v) is 14.6. The molecule has 2 aromatic heterocycles. The molecule has 0 aliphatic carbocycles. The fourth-order valence-electron chi connectivity index (χ4n) is 5.33. The number of carbonyl (C=O) groups excluding carboxylic acids is 2. The lowest BCUT2D eigenvalue weighted by atomic mass is 9.98. The highest BCUT2D eigenvalue weighted by molar-refractivity contribution is 6.36. The van der Waals surface area contributed by atoms with Crippen LogP contribution in [0.15, 0.2) is 48.7 Å². The molecule has 0 saturated heterocycles. The van der Waals surface area contributed by atoms with Crippen LogP contribution in [0.5, 0.6) is 5.75 Å². The average Bonchev–Trinajstić information content (AvgIpc) is 3.34. The minimum Gasteiger partial charge on any atom is -0.496 e. The predicted octanol–water partition coefficient (Wildman–Crippen LogP) is 5.00. The van der Waals surface area contributed by atoms with Crippen molar-refractivity contribution in [2.24, 2.45) is 7.05 Å². The van der Waals surface area contributed by atoms with Gasteiger partial charge in [0, 0.05) is 74.4 Å². The van der Waals surface area contributed by atoms with E-state index < -0.39 is 12.6 Å². The number of likely N-dealkylation sites (N-methyl/N-ethyl adjacent to an activating group) is 1. The normalized spacial score (nSPS) is 13.0. The number of methoxy groups -OCH3 is 1. The zero-order valence-corrected chi connectivity index (χ0v) is 25.9. The number of pyridine rings is 1. The second-order valence-electron chi connectivity index (χ2n) is 10.7. The molecule has 1 aliphatic heterocycles. The van der Waals surface area contributed by atoms with E-state index in [2.05, 4.69) is 30.8 Å². The third kappa shape index (κ3) is 6.45. The van der Waals surface area contributed by atoms with Crippen LogP contribution in [0.4, 0.5) is 15.8 Å². The van der Waals surface area contributed by atoms with Gasteiger partial charge in [0.1, 0.15) is 18.1 Å². The summed E-state index contributed by atoms with van der Waals surface area (Å²) in [7, 11) is 5.40. The number of hydrogen-bond acceptors (Lipinski definition) is 7. The molecule has 3 heterocycles. The van der Waals surface area contributed by atoms with E-state index in [1.54, 1.807) is 24.4 Å². The molecule has 0 bridgehead atoms. The van der Waals surface area contributed by atoms with Crippen molar-refractivity contribution < 1.29 is 18.7 Å². The number of anilines is 2. The zero-order valence-electron chi connectivity index (χ0n) is 25.1. The van der Waals surface area contributed by atoms with Crippen LogP contribution >= 0.6 is 11.6 Å². The monoisotopic (exact) mass is 619 g/mol. The summed E-state index contributed by atoms with van der Waals surface area (Å²) in [5.41, 5.74) is 6.18. The van der Waals surface area contributed by atoms with E-state index >= 15 is 0 Å². The highest BCUT2D eigenvalue weighted by Gasteiger charge is 2.25. The fraction of sp³-hybridized carbons (Fsp3) is 0.312. The Morgan fingerprint density at radius 3 is 2.55 bits per heavy atom. The van der Waals surface area contributed by atoms with E-state index in [9.17, 15) is 14.0 Å². The summed E-state index contributed by atoms with van der Waals surface area (Å²) in [6, 6.07) is 12.5. The summed E-state index contributed by atoms with van der Waals surface area (Å²) < 4.78 is 19.7. The third-order valence-electron chi connectivity index (χ3n) is 7.75. The SMILES string of the molecule is COc1cc(C(=O)Nc2cccc(-c3cccc(NC(=O)c4nc5c(n4C)CCN(C)C5)c3Cl)c2C)ncc1CNCCF. The van der Waals surface area contributed by atoms with Gasteiger partial charge in [-0.2, -0.15) is 0 Å². The maximum absolute atomic E-state index is 13.3. The van der Waals surface area contributed by atoms with Gasteiger partial charge in [-0.3, -0.25) is 14.6 Å². The van der Waals surface area contributed by atoms with Gasteiger partial charge < -0.3 is 30.2 Å². The molecule has 0 fully saturated rings. The molecule has 1 aliphatic rings. The lowest BCUT2D eigenvalue weighted by Crippen LogP contribution is -2.27. The van der Waals surface area contributed by atoms with Crippen molar-refractivity contribution in [3.63, 3.8) is 0 Å². The van der Waals surface area contributed by atoms with Gasteiger partial charge in [-0.15, -0.1) is 0 Å². The first-order valence-electron chi connectivity index (χ1n) is 14.3. The number of benzene rings is 2. The Hall–Kier alpha value is -4.32. The van der Waals surface area contributed by atoms with Crippen molar-refractivity contribution in [1.82, 2.24) is 24.8 Å². The molecule has 0 unspecified atom stereocenters. The van der Waals surface area contributed by atoms with Crippen molar-refractivity contribution in [3.8, 4) is 16.9 Å². The number of rotatable bonds is 10. The van der Waals surface area contributed by atoms with E-state index in [1.165, 1.54) is 7.11 Å². The van der Waals surface area contributed by atoms with E-state index in [0.29, 0.717) is 52.2 Å². The van der Waals surface area contributed by atoms with Gasteiger partial charge in [0.2, 0.25) is 0 Å². The summed E-state index contributed by atoms with van der Waals surface area (Å²) in [5.74, 6) is 0.0593. The predicted molar refractivity (Wildman–Crippen MR) is 169 cm³/mol. The minimum atomic E-state index is -0.483. The molecule has 0 spiro atoms. The van der Waals surface area contributed by atoms with Crippen molar-refractivity contribution in [2.75, 3.05) is 44.6 Å². The van der Waals surface area contributed by atoms with Crippen LogP contribution in [-0.4, -0.2) is 65.2 Å². The van der Waals surface area contributed by atoms with Crippen LogP contribution in [-0.2, 0) is 26.6 Å². The molecule has 2 amide bonds. The number of ether oxygens (including phenoxy) is 1. The Morgan fingerprint density at radius 1 is 1.07 bits per heavy atom. The Morgan fingerprint density at radius 2 is 1.80 bits per heavy atom. The maximum atomic E-state index is 13.3. The Bertz CT molecular complexity index is 1710. The van der Waals surface area contributed by atoms with Crippen LogP contribution < -0.4 is 20.7 Å². The molecule has 3 N–H and O–H groups in total. The standard InChI is InChI=1S/C32H35ClFN7O3/c1-19-21(7-5-9-23(19)38-31(42)25-15-28(44-4)20(17-36-25)16-35-13-12-34)22-8-6-10-24(29(22)33)39-32(43)30-37-26-18-40(2)14-11-27(26)41(30)3/h5-10,15,17,35H,11-14,16,18H2,1-4H3,(H,38,42)(H,39,43). The quantitative estimate of drug-likeness (QED) is 0.214. The van der Waals surface area contributed by atoms with Gasteiger partial charge in [0.25, 0.3) is 11.8 Å². The lowest BCUT2D eigenvalue weighted by Gasteiger charge is -2.21. The number of carbonyl (C=O) groups is 2. The number of alkyl halides is 1. The smallest absolute Gasteiger partial charge is 0.291 e. The van der Waals surface area contributed by atoms with Crippen molar-refractivity contribution >= 4 is 34.8 Å². The molecule has 12 heteroatoms. The second-order valence-corrected chi connectivity index (χ2v) is 11.1. The molecule has 4 aromatic rings. The van der Waals surface area contributed by atoms with Gasteiger partial charge in [-0.05, 0) is 37.2 Å². The topological polar surface area (TPSA) is 113 Å². The molecule has 230 valence electrons. The van der Waals surface area contributed by atoms with E-state index in [1.807, 2.05) is 49.9 Å². The molecule has 10 nitrogen and oxygen atoms in total. The van der Waals surface area contributed by atoms with Gasteiger partial charge in [-0.1, -0.05) is 35.9 Å². The number of halogens is 2. The molecular weight excluding hydrogens is 585 g/mol. The van der Waals surface area contributed by atoms with Crippen molar-refractivity contribution in [2.45, 2.75) is 26.4 Å². The average molecular weight is 620 g/mol. The fourth-order valence-corrected chi connectivity index (χ4v) is 5.60. The first-order chi connectivity index (χ1) is 21.2. The Balaban J connectivity index is 1.35. The van der Waals surface area contributed by atoms with Crippen LogP contribution in [0, 0.1) is 6.92 Å². The minimum absolute atomic E-state index is 0.172. The molecule has 5 rings (SSSR count). The number of imidazole rings is 1. The number of nitrogens with one attached hydrogen (secondary N) is 3. The van der Waals surface area contributed by atoms with E-state index in [-0.39, 0.29) is 18.1 Å². The lowest BCUT2D eigenvalue weighted by molar-refractivity contribution is 0.100. The van der Waals surface area contributed by atoms with Crippen LogP contribution in [0.1, 0.15) is 43.6 Å². The number of amides is 2. The molecule has 0 radical (unpaired) electrons. The highest BCUT2D eigenvalue weighted by atomic mass is 35.5. The van der Waals surface area contributed by atoms with E-state index in [4.69, 9.17) is 16.3 Å². The maximum Gasteiger partial charge on any atom is 0.291 e.